The van der Waals surface area contributed by atoms with Crippen LogP contribution in [0.25, 0.3) is 5.57 Å². The van der Waals surface area contributed by atoms with Crippen LogP contribution < -0.4 is 22.3 Å². The van der Waals surface area contributed by atoms with Crippen molar-refractivity contribution in [3.8, 4) is 0 Å². The third-order valence-electron chi connectivity index (χ3n) is 4.48. The number of hydrogen-bond acceptors (Lipinski definition) is 5. The molecule has 2 aliphatic rings. The molecule has 0 spiro atoms. The van der Waals surface area contributed by atoms with E-state index in [0.717, 1.165) is 25.1 Å². The fraction of sp³-hybridized carbons (Fsp3) is 0.375. The highest BCUT2D eigenvalue weighted by atomic mass is 19.2. The molecular weight excluding hydrogens is 314 g/mol. The van der Waals surface area contributed by atoms with Crippen LogP contribution in [0.5, 0.6) is 0 Å². The number of hydrogen-bond donors (Lipinski definition) is 4. The lowest BCUT2D eigenvalue weighted by molar-refractivity contribution is 0.536. The molecule has 1 fully saturated rings. The number of rotatable bonds is 4. The van der Waals surface area contributed by atoms with Crippen LogP contribution in [0.1, 0.15) is 17.5 Å². The van der Waals surface area contributed by atoms with Crippen molar-refractivity contribution < 1.29 is 8.78 Å². The van der Waals surface area contributed by atoms with Crippen molar-refractivity contribution in [2.75, 3.05) is 25.4 Å². The Hall–Kier alpha value is -2.32. The number of fused-ring (bicyclic) bond motifs is 1. The molecule has 1 aliphatic carbocycles. The molecule has 0 aromatic carbocycles. The van der Waals surface area contributed by atoms with E-state index in [2.05, 4.69) is 26.8 Å². The van der Waals surface area contributed by atoms with Crippen LogP contribution in [0.4, 0.5) is 14.6 Å². The number of nitrogen functional groups attached to an aromatic ring is 1. The first-order chi connectivity index (χ1) is 11.6. The molecule has 128 valence electrons. The van der Waals surface area contributed by atoms with Crippen LogP contribution in [-0.4, -0.2) is 30.5 Å². The van der Waals surface area contributed by atoms with Crippen LogP contribution in [0, 0.1) is 11.8 Å². The monoisotopic (exact) mass is 334 g/mol. The first-order valence-electron chi connectivity index (χ1n) is 7.76. The number of nitrogens with zero attached hydrogens (tertiary/aromatic N) is 2. The third kappa shape index (κ3) is 3.29. The second-order valence-corrected chi connectivity index (χ2v) is 6.00. The molecule has 1 aromatic rings. The normalized spacial score (nSPS) is 24.0. The van der Waals surface area contributed by atoms with Gasteiger partial charge in [-0.1, -0.05) is 6.08 Å². The number of nitrogens with two attached hydrogens (primary N) is 2. The summed E-state index contributed by atoms with van der Waals surface area (Å²) in [4.78, 5) is 8.11. The molecule has 1 saturated heterocycles. The van der Waals surface area contributed by atoms with Gasteiger partial charge in [-0.15, -0.1) is 0 Å². The van der Waals surface area contributed by atoms with Crippen molar-refractivity contribution >= 4 is 17.2 Å². The van der Waals surface area contributed by atoms with Crippen molar-refractivity contribution in [3.05, 3.63) is 41.6 Å². The van der Waals surface area contributed by atoms with Gasteiger partial charge in [0.1, 0.15) is 23.8 Å². The van der Waals surface area contributed by atoms with E-state index in [1.807, 2.05) is 6.07 Å². The Morgan fingerprint density at radius 3 is 3.04 bits per heavy atom. The summed E-state index contributed by atoms with van der Waals surface area (Å²) in [6, 6.07) is 1.83. The van der Waals surface area contributed by atoms with Crippen LogP contribution in [0.15, 0.2) is 35.5 Å². The van der Waals surface area contributed by atoms with E-state index in [0.29, 0.717) is 17.4 Å². The highest BCUT2D eigenvalue weighted by molar-refractivity contribution is 6.02. The van der Waals surface area contributed by atoms with Gasteiger partial charge in [0.15, 0.2) is 0 Å². The number of halogens is 2. The molecule has 6 N–H and O–H groups in total. The average Bonchev–Trinajstić information content (AvgIpc) is 3.18. The Balaban J connectivity index is 1.88. The minimum Gasteiger partial charge on any atom is -0.383 e. The molecule has 6 nitrogen and oxygen atoms in total. The quantitative estimate of drug-likeness (QED) is 0.288. The Bertz CT molecular complexity index is 713. The minimum absolute atomic E-state index is 0.133. The first-order valence-corrected chi connectivity index (χ1v) is 7.76. The lowest BCUT2D eigenvalue weighted by Gasteiger charge is -2.12. The molecular formula is C16H20F2N6. The van der Waals surface area contributed by atoms with Crippen LogP contribution in [0.2, 0.25) is 0 Å². The molecule has 0 radical (unpaired) electrons. The molecule has 2 heterocycles. The van der Waals surface area contributed by atoms with Gasteiger partial charge in [-0.2, -0.15) is 0 Å². The number of amidine groups is 1. The molecule has 2 atom stereocenters. The Labute approximate surface area is 138 Å². The van der Waals surface area contributed by atoms with E-state index < -0.39 is 12.4 Å². The lowest BCUT2D eigenvalue weighted by atomic mass is 9.98. The van der Waals surface area contributed by atoms with Crippen LogP contribution in [0.3, 0.4) is 0 Å². The summed E-state index contributed by atoms with van der Waals surface area (Å²) in [7, 11) is 0. The van der Waals surface area contributed by atoms with Gasteiger partial charge < -0.3 is 16.5 Å². The fourth-order valence-electron chi connectivity index (χ4n) is 3.23. The summed E-state index contributed by atoms with van der Waals surface area (Å²) in [5, 5.41) is 3.38. The standard InChI is InChI=1S/C16H20F2N6/c17-4-13(18)8-23-16(24-20)14-3-12(7-22-15(14)19)9-1-10-5-21-6-11(10)2-9/h1,3-4,7,10-11,21H,2,5-6,8,20H2,(H2,19,22)(H,23,24)/b13-4-/t10-,11+/m1/s1. The Morgan fingerprint density at radius 1 is 1.50 bits per heavy atom. The molecule has 1 aromatic heterocycles. The number of pyridine rings is 1. The maximum Gasteiger partial charge on any atom is 0.149 e. The second-order valence-electron chi connectivity index (χ2n) is 6.00. The number of aliphatic imine (C=N–C) groups is 1. The molecule has 0 unspecified atom stereocenters. The van der Waals surface area contributed by atoms with Crippen molar-refractivity contribution in [3.63, 3.8) is 0 Å². The van der Waals surface area contributed by atoms with E-state index in [-0.39, 0.29) is 18.0 Å². The topological polar surface area (TPSA) is 101 Å². The predicted octanol–water partition coefficient (Wildman–Crippen LogP) is 1.28. The summed E-state index contributed by atoms with van der Waals surface area (Å²) in [6.07, 6.45) is 4.82. The van der Waals surface area contributed by atoms with E-state index in [1.54, 1.807) is 6.20 Å². The van der Waals surface area contributed by atoms with Gasteiger partial charge >= 0.3 is 0 Å². The summed E-state index contributed by atoms with van der Waals surface area (Å²) in [5.74, 6) is 6.01. The third-order valence-corrected chi connectivity index (χ3v) is 4.48. The van der Waals surface area contributed by atoms with Gasteiger partial charge in [0.25, 0.3) is 0 Å². The molecule has 8 heteroatoms. The van der Waals surface area contributed by atoms with Crippen molar-refractivity contribution in [2.24, 2.45) is 22.7 Å². The van der Waals surface area contributed by atoms with Crippen molar-refractivity contribution in [1.82, 2.24) is 15.7 Å². The maximum atomic E-state index is 12.9. The van der Waals surface area contributed by atoms with Gasteiger partial charge in [0.2, 0.25) is 0 Å². The zero-order valence-corrected chi connectivity index (χ0v) is 13.1. The maximum absolute atomic E-state index is 12.9. The highest BCUT2D eigenvalue weighted by Crippen LogP contribution is 2.38. The van der Waals surface area contributed by atoms with Gasteiger partial charge in [-0.05, 0) is 42.0 Å². The average molecular weight is 334 g/mol. The second kappa shape index (κ2) is 7.06. The zero-order valence-electron chi connectivity index (χ0n) is 13.1. The molecule has 0 amide bonds. The number of allylic oxidation sites excluding steroid dienone is 1. The van der Waals surface area contributed by atoms with Gasteiger partial charge in [0.05, 0.1) is 12.1 Å². The largest absolute Gasteiger partial charge is 0.383 e. The van der Waals surface area contributed by atoms with Crippen molar-refractivity contribution in [1.29, 1.82) is 0 Å². The highest BCUT2D eigenvalue weighted by Gasteiger charge is 2.32. The van der Waals surface area contributed by atoms with E-state index in [9.17, 15) is 8.78 Å². The Morgan fingerprint density at radius 2 is 2.33 bits per heavy atom. The molecule has 24 heavy (non-hydrogen) atoms. The summed E-state index contributed by atoms with van der Waals surface area (Å²) in [6.45, 7) is 1.55. The Kier molecular flexibility index (Phi) is 4.86. The van der Waals surface area contributed by atoms with Crippen molar-refractivity contribution in [2.45, 2.75) is 6.42 Å². The van der Waals surface area contributed by atoms with Crippen LogP contribution in [-0.2, 0) is 0 Å². The minimum atomic E-state index is -0.996. The summed E-state index contributed by atoms with van der Waals surface area (Å²) in [5.41, 5.74) is 10.9. The zero-order chi connectivity index (χ0) is 17.1. The SMILES string of the molecule is NNC(=NC/C(F)=C/F)c1cc(C2=C[C@@H]3CNC[C@@H]3C2)cnc1N. The van der Waals surface area contributed by atoms with Crippen LogP contribution >= 0.6 is 0 Å². The van der Waals surface area contributed by atoms with E-state index >= 15 is 0 Å². The lowest BCUT2D eigenvalue weighted by Crippen LogP contribution is -2.32. The molecule has 0 saturated carbocycles. The number of hydrazine groups is 1. The van der Waals surface area contributed by atoms with E-state index in [4.69, 9.17) is 11.6 Å². The molecule has 3 rings (SSSR count). The van der Waals surface area contributed by atoms with E-state index in [1.165, 1.54) is 5.57 Å². The smallest absolute Gasteiger partial charge is 0.149 e. The van der Waals surface area contributed by atoms with Gasteiger partial charge in [-0.25, -0.2) is 19.6 Å². The predicted molar refractivity (Wildman–Crippen MR) is 90.1 cm³/mol. The first kappa shape index (κ1) is 16.5. The molecule has 1 aliphatic heterocycles. The number of nitrogens with one attached hydrogen (secondary N) is 2. The fourth-order valence-corrected chi connectivity index (χ4v) is 3.23. The van der Waals surface area contributed by atoms with Gasteiger partial charge in [0, 0.05) is 12.7 Å². The van der Waals surface area contributed by atoms with Gasteiger partial charge in [-0.3, -0.25) is 4.99 Å². The number of aromatic nitrogens is 1. The molecule has 0 bridgehead atoms. The summed E-state index contributed by atoms with van der Waals surface area (Å²) >= 11 is 0. The summed E-state index contributed by atoms with van der Waals surface area (Å²) < 4.78 is 25.0. The number of anilines is 1.